The Morgan fingerprint density at radius 2 is 1.62 bits per heavy atom. The van der Waals surface area contributed by atoms with Crippen LogP contribution in [0.3, 0.4) is 0 Å². The largest absolute Gasteiger partial charge is 0.328 e. The Bertz CT molecular complexity index is 334. The summed E-state index contributed by atoms with van der Waals surface area (Å²) in [7, 11) is 0. The molecule has 1 aliphatic rings. The Kier molecular flexibility index (Phi) is 5.53. The van der Waals surface area contributed by atoms with Crippen LogP contribution >= 0.6 is 0 Å². The first-order chi connectivity index (χ1) is 7.18. The van der Waals surface area contributed by atoms with Gasteiger partial charge in [0.1, 0.15) is 11.6 Å². The van der Waals surface area contributed by atoms with Gasteiger partial charge in [0.15, 0.2) is 0 Å². The predicted molar refractivity (Wildman–Crippen MR) is 56.6 cm³/mol. The first-order valence-electron chi connectivity index (χ1n) is 5.45. The Morgan fingerprint density at radius 3 is 2.12 bits per heavy atom. The van der Waals surface area contributed by atoms with Gasteiger partial charge in [-0.15, -0.1) is 0 Å². The summed E-state index contributed by atoms with van der Waals surface area (Å²) in [5.41, 5.74) is 0.949. The monoisotopic (exact) mass is 298 g/mol. The fraction of sp³-hybridized carbons (Fsp3) is 0.462. The minimum Gasteiger partial charge on any atom is -0.328 e. The van der Waals surface area contributed by atoms with E-state index < -0.39 is 11.6 Å². The molecule has 0 saturated heterocycles. The van der Waals surface area contributed by atoms with E-state index in [0.29, 0.717) is 5.92 Å². The van der Waals surface area contributed by atoms with E-state index in [2.05, 4.69) is 6.42 Å². The van der Waals surface area contributed by atoms with E-state index in [-0.39, 0.29) is 38.3 Å². The fourth-order valence-electron chi connectivity index (χ4n) is 2.16. The summed E-state index contributed by atoms with van der Waals surface area (Å²) in [6.45, 7) is 1.48. The van der Waals surface area contributed by atoms with Gasteiger partial charge in [0, 0.05) is 38.3 Å². The van der Waals surface area contributed by atoms with Crippen molar-refractivity contribution in [2.45, 2.75) is 38.5 Å². The molecule has 85 valence electrons. The van der Waals surface area contributed by atoms with Crippen LogP contribution in [0.1, 0.15) is 42.7 Å². The molecule has 0 unspecified atom stereocenters. The first kappa shape index (κ1) is 14.2. The summed E-state index contributed by atoms with van der Waals surface area (Å²) in [6.07, 6.45) is 6.39. The maximum Gasteiger partial charge on any atom is 0.129 e. The normalized spacial score (nSPS) is 16.9. The third-order valence-corrected chi connectivity index (χ3v) is 3.21. The van der Waals surface area contributed by atoms with Crippen LogP contribution in [0.15, 0.2) is 12.1 Å². The first-order valence-corrected chi connectivity index (χ1v) is 5.45. The Morgan fingerprint density at radius 1 is 1.12 bits per heavy atom. The minimum absolute atomic E-state index is 0. The number of benzene rings is 1. The smallest absolute Gasteiger partial charge is 0.129 e. The average Bonchev–Trinajstić information content (AvgIpc) is 2.26. The molecule has 0 atom stereocenters. The number of rotatable bonds is 1. The number of hydrogen-bond acceptors (Lipinski definition) is 0. The molecule has 1 saturated carbocycles. The van der Waals surface area contributed by atoms with Crippen LogP contribution in [0, 0.1) is 25.0 Å². The average molecular weight is 298 g/mol. The van der Waals surface area contributed by atoms with Crippen molar-refractivity contribution in [1.82, 2.24) is 0 Å². The van der Waals surface area contributed by atoms with Crippen molar-refractivity contribution in [2.24, 2.45) is 0 Å². The molecule has 1 fully saturated rings. The van der Waals surface area contributed by atoms with Gasteiger partial charge in [-0.2, -0.15) is 12.8 Å². The summed E-state index contributed by atoms with van der Waals surface area (Å²) in [5, 5.41) is 0. The molecule has 1 aromatic carbocycles. The van der Waals surface area contributed by atoms with Gasteiger partial charge in [-0.3, -0.25) is 0 Å². The molecule has 0 nitrogen and oxygen atoms in total. The molecule has 0 aliphatic heterocycles. The van der Waals surface area contributed by atoms with E-state index in [4.69, 9.17) is 0 Å². The van der Waals surface area contributed by atoms with E-state index in [9.17, 15) is 8.78 Å². The zero-order valence-electron chi connectivity index (χ0n) is 9.47. The van der Waals surface area contributed by atoms with Gasteiger partial charge in [-0.1, -0.05) is 12.8 Å². The third kappa shape index (κ3) is 3.10. The molecule has 3 heteroatoms. The van der Waals surface area contributed by atoms with Gasteiger partial charge in [0.05, 0.1) is 0 Å². The van der Waals surface area contributed by atoms with Crippen molar-refractivity contribution in [2.75, 3.05) is 0 Å². The van der Waals surface area contributed by atoms with Crippen LogP contribution in [0.2, 0.25) is 0 Å². The van der Waals surface area contributed by atoms with Gasteiger partial charge < -0.3 is 6.42 Å². The Hall–Kier alpha value is 0.184. The predicted octanol–water partition coefficient (Wildman–Crippen LogP) is 4.13. The van der Waals surface area contributed by atoms with Gasteiger partial charge in [0.2, 0.25) is 0 Å². The van der Waals surface area contributed by atoms with Crippen LogP contribution in [0.4, 0.5) is 8.78 Å². The van der Waals surface area contributed by atoms with Crippen molar-refractivity contribution >= 4 is 0 Å². The van der Waals surface area contributed by atoms with E-state index in [1.165, 1.54) is 19.1 Å². The maximum absolute atomic E-state index is 13.3. The zero-order valence-corrected chi connectivity index (χ0v) is 12.3. The molecule has 1 radical (unpaired) electrons. The topological polar surface area (TPSA) is 0 Å². The molecule has 0 aromatic heterocycles. The minimum atomic E-state index is -0.417. The van der Waals surface area contributed by atoms with Crippen LogP contribution in [-0.4, -0.2) is 0 Å². The maximum atomic E-state index is 13.3. The summed E-state index contributed by atoms with van der Waals surface area (Å²) in [5.74, 6) is -0.501. The second-order valence-corrected chi connectivity index (χ2v) is 4.25. The van der Waals surface area contributed by atoms with E-state index in [1.807, 2.05) is 0 Å². The van der Waals surface area contributed by atoms with Crippen LogP contribution in [-0.2, 0) is 32.7 Å². The Balaban J connectivity index is 0.00000128. The number of halogens is 2. The van der Waals surface area contributed by atoms with E-state index >= 15 is 0 Å². The van der Waals surface area contributed by atoms with E-state index in [0.717, 1.165) is 31.2 Å². The summed E-state index contributed by atoms with van der Waals surface area (Å²) >= 11 is 0. The summed E-state index contributed by atoms with van der Waals surface area (Å²) in [4.78, 5) is 0. The SMILES string of the molecule is Cc1c(F)cc(C2CC[CH-]CC2)cc1F.[Y]. The molecule has 16 heavy (non-hydrogen) atoms. The second-order valence-electron chi connectivity index (χ2n) is 4.25. The van der Waals surface area contributed by atoms with Crippen molar-refractivity contribution in [3.8, 4) is 0 Å². The van der Waals surface area contributed by atoms with Crippen molar-refractivity contribution in [3.05, 3.63) is 41.3 Å². The van der Waals surface area contributed by atoms with Crippen LogP contribution < -0.4 is 0 Å². The quantitative estimate of drug-likeness (QED) is 0.684. The fourth-order valence-corrected chi connectivity index (χ4v) is 2.16. The Labute approximate surface area is 121 Å². The molecule has 1 aromatic rings. The van der Waals surface area contributed by atoms with Crippen LogP contribution in [0.5, 0.6) is 0 Å². The van der Waals surface area contributed by atoms with Crippen molar-refractivity contribution < 1.29 is 41.5 Å². The van der Waals surface area contributed by atoms with Gasteiger partial charge in [-0.25, -0.2) is 8.78 Å². The van der Waals surface area contributed by atoms with Gasteiger partial charge >= 0.3 is 0 Å². The molecule has 0 heterocycles. The van der Waals surface area contributed by atoms with Crippen molar-refractivity contribution in [3.63, 3.8) is 0 Å². The molecule has 0 bridgehead atoms. The molecule has 0 spiro atoms. The summed E-state index contributed by atoms with van der Waals surface area (Å²) in [6, 6.07) is 2.99. The molecular weight excluding hydrogens is 283 g/mol. The van der Waals surface area contributed by atoms with Crippen LogP contribution in [0.25, 0.3) is 0 Å². The summed E-state index contributed by atoms with van der Waals surface area (Å²) < 4.78 is 26.7. The standard InChI is InChI=1S/C13H15F2.Y/c1-9-12(14)7-11(8-13(9)15)10-5-3-2-4-6-10;/h2,7-8,10H,3-6H2,1H3;/q-1;. The van der Waals surface area contributed by atoms with Gasteiger partial charge in [0.25, 0.3) is 0 Å². The third-order valence-electron chi connectivity index (χ3n) is 3.21. The molecular formula is C13H15F2Y-. The second kappa shape index (κ2) is 6.21. The molecule has 2 rings (SSSR count). The molecule has 0 N–H and O–H groups in total. The molecule has 1 aliphatic carbocycles. The zero-order chi connectivity index (χ0) is 10.8. The van der Waals surface area contributed by atoms with E-state index in [1.54, 1.807) is 0 Å². The van der Waals surface area contributed by atoms with Crippen molar-refractivity contribution in [1.29, 1.82) is 0 Å². The van der Waals surface area contributed by atoms with Gasteiger partial charge in [-0.05, 0) is 30.5 Å². The molecule has 0 amide bonds. The number of hydrogen-bond donors (Lipinski definition) is 0.